The highest BCUT2D eigenvalue weighted by atomic mass is 19.3. The summed E-state index contributed by atoms with van der Waals surface area (Å²) >= 11 is 0. The van der Waals surface area contributed by atoms with Gasteiger partial charge >= 0.3 is 0 Å². The van der Waals surface area contributed by atoms with E-state index in [9.17, 15) is 13.6 Å². The fourth-order valence-electron chi connectivity index (χ4n) is 1.03. The van der Waals surface area contributed by atoms with E-state index in [-0.39, 0.29) is 6.42 Å². The normalized spacial score (nSPS) is 11.6. The van der Waals surface area contributed by atoms with Crippen molar-refractivity contribution in [3.05, 3.63) is 28.7 Å². The first-order valence-corrected chi connectivity index (χ1v) is 4.28. The van der Waals surface area contributed by atoms with Crippen LogP contribution in [0, 0.1) is 0 Å². The molecule has 0 aliphatic heterocycles. The molecule has 0 radical (unpaired) electrons. The van der Waals surface area contributed by atoms with E-state index in [0.717, 1.165) is 4.57 Å². The second-order valence-electron chi connectivity index (χ2n) is 3.14. The van der Waals surface area contributed by atoms with Gasteiger partial charge in [0.15, 0.2) is 0 Å². The average molecular weight is 202 g/mol. The molecule has 0 aromatic carbocycles. The number of rotatable bonds is 3. The number of nitrogens with zero attached hydrogens (tertiary/aromatic N) is 1. The smallest absolute Gasteiger partial charge is 0.265 e. The van der Waals surface area contributed by atoms with E-state index in [2.05, 4.69) is 0 Å². The van der Waals surface area contributed by atoms with Crippen LogP contribution in [0.15, 0.2) is 23.1 Å². The number of nitrogens with two attached hydrogens (primary N) is 1. The van der Waals surface area contributed by atoms with Gasteiger partial charge in [0, 0.05) is 24.4 Å². The highest BCUT2D eigenvalue weighted by Crippen LogP contribution is 2.19. The molecule has 3 nitrogen and oxygen atoms in total. The predicted octanol–water partition coefficient (Wildman–Crippen LogP) is 1.48. The van der Waals surface area contributed by atoms with E-state index in [0.29, 0.717) is 5.69 Å². The van der Waals surface area contributed by atoms with E-state index in [1.165, 1.54) is 25.3 Å². The summed E-state index contributed by atoms with van der Waals surface area (Å²) in [4.78, 5) is 11.1. The summed E-state index contributed by atoms with van der Waals surface area (Å²) < 4.78 is 26.8. The Labute approximate surface area is 80.2 Å². The Morgan fingerprint density at radius 2 is 2.14 bits per heavy atom. The summed E-state index contributed by atoms with van der Waals surface area (Å²) in [6, 6.07) is 2.57. The minimum absolute atomic E-state index is 0.297. The quantitative estimate of drug-likeness (QED) is 0.806. The maximum Gasteiger partial charge on any atom is 0.265 e. The van der Waals surface area contributed by atoms with Gasteiger partial charge in [-0.25, -0.2) is 8.78 Å². The van der Waals surface area contributed by atoms with Gasteiger partial charge in [-0.15, -0.1) is 0 Å². The Balaban J connectivity index is 2.97. The molecule has 0 atom stereocenters. The summed E-state index contributed by atoms with van der Waals surface area (Å²) in [6.07, 6.45) is 0.931. The molecule has 2 N–H and O–H groups in total. The zero-order chi connectivity index (χ0) is 10.8. The topological polar surface area (TPSA) is 48.0 Å². The van der Waals surface area contributed by atoms with E-state index in [1.807, 2.05) is 0 Å². The summed E-state index contributed by atoms with van der Waals surface area (Å²) in [5.74, 6) is -2.86. The first-order chi connectivity index (χ1) is 6.44. The molecule has 14 heavy (non-hydrogen) atoms. The Hall–Kier alpha value is -1.39. The van der Waals surface area contributed by atoms with Crippen molar-refractivity contribution in [2.45, 2.75) is 25.8 Å². The molecule has 0 bridgehead atoms. The van der Waals surface area contributed by atoms with Crippen LogP contribution in [0.25, 0.3) is 0 Å². The van der Waals surface area contributed by atoms with E-state index in [4.69, 9.17) is 5.73 Å². The summed E-state index contributed by atoms with van der Waals surface area (Å²) in [5.41, 5.74) is 5.22. The largest absolute Gasteiger partial charge is 0.398 e. The lowest BCUT2D eigenvalue weighted by atomic mass is 10.2. The monoisotopic (exact) mass is 202 g/mol. The zero-order valence-electron chi connectivity index (χ0n) is 7.84. The molecule has 1 rings (SSSR count). The number of nitrogen functional groups attached to an aromatic ring is 1. The number of pyridine rings is 1. The number of alkyl halides is 2. The lowest BCUT2D eigenvalue weighted by molar-refractivity contribution is -0.0206. The van der Waals surface area contributed by atoms with E-state index < -0.39 is 18.0 Å². The van der Waals surface area contributed by atoms with Crippen LogP contribution in [-0.4, -0.2) is 10.5 Å². The van der Waals surface area contributed by atoms with Crippen LogP contribution < -0.4 is 11.3 Å². The second kappa shape index (κ2) is 3.77. The first kappa shape index (κ1) is 10.7. The Kier molecular flexibility index (Phi) is 2.88. The molecule has 0 saturated carbocycles. The molecule has 0 fully saturated rings. The highest BCUT2D eigenvalue weighted by molar-refractivity contribution is 5.33. The first-order valence-electron chi connectivity index (χ1n) is 4.28. The van der Waals surface area contributed by atoms with Gasteiger partial charge < -0.3 is 10.3 Å². The van der Waals surface area contributed by atoms with Crippen LogP contribution in [0.3, 0.4) is 0 Å². The Morgan fingerprint density at radius 3 is 2.71 bits per heavy atom. The van der Waals surface area contributed by atoms with Crippen LogP contribution in [-0.2, 0) is 6.54 Å². The van der Waals surface area contributed by atoms with E-state index >= 15 is 0 Å². The van der Waals surface area contributed by atoms with E-state index in [1.54, 1.807) is 0 Å². The minimum Gasteiger partial charge on any atom is -0.398 e. The van der Waals surface area contributed by atoms with Gasteiger partial charge in [0.05, 0.1) is 6.54 Å². The van der Waals surface area contributed by atoms with Crippen molar-refractivity contribution in [1.82, 2.24) is 4.57 Å². The van der Waals surface area contributed by atoms with Crippen molar-refractivity contribution in [1.29, 1.82) is 0 Å². The number of anilines is 1. The van der Waals surface area contributed by atoms with Gasteiger partial charge in [-0.1, -0.05) is 6.92 Å². The lowest BCUT2D eigenvalue weighted by Gasteiger charge is -2.15. The molecule has 1 heterocycles. The third-order valence-electron chi connectivity index (χ3n) is 1.93. The summed E-state index contributed by atoms with van der Waals surface area (Å²) in [7, 11) is 0. The predicted molar refractivity (Wildman–Crippen MR) is 50.4 cm³/mol. The fourth-order valence-corrected chi connectivity index (χ4v) is 1.03. The molecule has 0 saturated heterocycles. The molecular weight excluding hydrogens is 190 g/mol. The van der Waals surface area contributed by atoms with Crippen LogP contribution in [0.2, 0.25) is 0 Å². The average Bonchev–Trinajstić information content (AvgIpc) is 2.11. The maximum absolute atomic E-state index is 12.9. The fraction of sp³-hybridized carbons (Fsp3) is 0.444. The second-order valence-corrected chi connectivity index (χ2v) is 3.14. The third kappa shape index (κ3) is 2.55. The number of aromatic nitrogens is 1. The van der Waals surface area contributed by atoms with Crippen molar-refractivity contribution >= 4 is 5.69 Å². The van der Waals surface area contributed by atoms with Crippen molar-refractivity contribution in [2.75, 3.05) is 5.73 Å². The van der Waals surface area contributed by atoms with Crippen molar-refractivity contribution < 1.29 is 8.78 Å². The SMILES string of the molecule is CCC(F)(F)Cn1cc(N)ccc1=O. The minimum atomic E-state index is -2.86. The maximum atomic E-state index is 12.9. The van der Waals surface area contributed by atoms with Crippen LogP contribution in [0.4, 0.5) is 14.5 Å². The summed E-state index contributed by atoms with van der Waals surface area (Å²) in [6.45, 7) is 0.755. The van der Waals surface area contributed by atoms with Crippen LogP contribution in [0.5, 0.6) is 0 Å². The van der Waals surface area contributed by atoms with Gasteiger partial charge in [-0.05, 0) is 6.07 Å². The van der Waals surface area contributed by atoms with Crippen LogP contribution in [0.1, 0.15) is 13.3 Å². The molecule has 1 aromatic heterocycles. The molecule has 1 aromatic rings. The standard InChI is InChI=1S/C9H12F2N2O/c1-2-9(10,11)6-13-5-7(12)3-4-8(13)14/h3-5H,2,6,12H2,1H3. The highest BCUT2D eigenvalue weighted by Gasteiger charge is 2.26. The zero-order valence-corrected chi connectivity index (χ0v) is 7.84. The molecule has 0 unspecified atom stereocenters. The molecule has 0 amide bonds. The molecule has 0 spiro atoms. The van der Waals surface area contributed by atoms with Gasteiger partial charge in [0.25, 0.3) is 11.5 Å². The molecule has 0 aliphatic carbocycles. The number of halogens is 2. The van der Waals surface area contributed by atoms with Crippen LogP contribution >= 0.6 is 0 Å². The van der Waals surface area contributed by atoms with Gasteiger partial charge in [-0.2, -0.15) is 0 Å². The molecule has 5 heteroatoms. The summed E-state index contributed by atoms with van der Waals surface area (Å²) in [5, 5.41) is 0. The lowest BCUT2D eigenvalue weighted by Crippen LogP contribution is -2.29. The Bertz CT molecular complexity index is 373. The van der Waals surface area contributed by atoms with Gasteiger partial charge in [0.1, 0.15) is 0 Å². The van der Waals surface area contributed by atoms with Crippen molar-refractivity contribution in [3.63, 3.8) is 0 Å². The molecular formula is C9H12F2N2O. The Morgan fingerprint density at radius 1 is 1.50 bits per heavy atom. The number of hydrogen-bond donors (Lipinski definition) is 1. The van der Waals surface area contributed by atoms with Gasteiger partial charge in [0.2, 0.25) is 0 Å². The molecule has 0 aliphatic rings. The van der Waals surface area contributed by atoms with Crippen molar-refractivity contribution in [2.24, 2.45) is 0 Å². The third-order valence-corrected chi connectivity index (χ3v) is 1.93. The van der Waals surface area contributed by atoms with Crippen molar-refractivity contribution in [3.8, 4) is 0 Å². The number of hydrogen-bond acceptors (Lipinski definition) is 2. The molecule has 78 valence electrons. The van der Waals surface area contributed by atoms with Gasteiger partial charge in [-0.3, -0.25) is 4.79 Å².